The zero-order chi connectivity index (χ0) is 15.1. The number of hydrogen-bond acceptors (Lipinski definition) is 3. The topological polar surface area (TPSA) is 67.3 Å². The van der Waals surface area contributed by atoms with Crippen molar-refractivity contribution in [2.45, 2.75) is 18.1 Å². The van der Waals surface area contributed by atoms with Crippen LogP contribution >= 0.6 is 0 Å². The third-order valence-electron chi connectivity index (χ3n) is 3.14. The van der Waals surface area contributed by atoms with E-state index < -0.39 is 22.0 Å². The summed E-state index contributed by atoms with van der Waals surface area (Å²) >= 11 is 0. The van der Waals surface area contributed by atoms with E-state index in [0.29, 0.717) is 12.2 Å². The number of aromatic nitrogens is 1. The zero-order valence-corrected chi connectivity index (χ0v) is 12.3. The van der Waals surface area contributed by atoms with Gasteiger partial charge in [0.25, 0.3) is 0 Å². The molecule has 0 fully saturated rings. The van der Waals surface area contributed by atoms with Gasteiger partial charge in [-0.25, -0.2) is 0 Å². The van der Waals surface area contributed by atoms with Crippen molar-refractivity contribution in [3.63, 3.8) is 0 Å². The Morgan fingerprint density at radius 3 is 2.48 bits per heavy atom. The van der Waals surface area contributed by atoms with Crippen LogP contribution < -0.4 is 0 Å². The van der Waals surface area contributed by atoms with E-state index in [9.17, 15) is 14.1 Å². The fraction of sp³-hybridized carbons (Fsp3) is 0.250. The molecule has 0 aliphatic carbocycles. The van der Waals surface area contributed by atoms with Crippen LogP contribution in [-0.2, 0) is 28.4 Å². The van der Waals surface area contributed by atoms with Crippen LogP contribution in [0.4, 0.5) is 0 Å². The van der Waals surface area contributed by atoms with Crippen molar-refractivity contribution >= 4 is 16.8 Å². The van der Waals surface area contributed by atoms with Gasteiger partial charge >= 0.3 is 5.97 Å². The van der Waals surface area contributed by atoms with Crippen molar-refractivity contribution in [1.82, 2.24) is 4.98 Å². The Labute approximate surface area is 126 Å². The lowest BCUT2D eigenvalue weighted by Crippen LogP contribution is -2.30. The Hall–Kier alpha value is -2.01. The van der Waals surface area contributed by atoms with E-state index in [-0.39, 0.29) is 6.42 Å². The number of carboxylic acids is 1. The highest BCUT2D eigenvalue weighted by Crippen LogP contribution is 2.10. The molecule has 2 aromatic rings. The van der Waals surface area contributed by atoms with E-state index in [1.807, 2.05) is 48.5 Å². The molecular weight excluding hydrogens is 286 g/mol. The third kappa shape index (κ3) is 4.79. The molecule has 0 aliphatic heterocycles. The summed E-state index contributed by atoms with van der Waals surface area (Å²) in [5.74, 6) is -0.709. The summed E-state index contributed by atoms with van der Waals surface area (Å²) in [5, 5.41) is 8.41. The van der Waals surface area contributed by atoms with E-state index >= 15 is 0 Å². The normalized spacial score (nSPS) is 13.5. The van der Waals surface area contributed by atoms with Crippen LogP contribution in [0.25, 0.3) is 0 Å². The number of hydrogen-bond donors (Lipinski definition) is 1. The van der Waals surface area contributed by atoms with Gasteiger partial charge < -0.3 is 5.11 Å². The molecule has 1 aromatic heterocycles. The van der Waals surface area contributed by atoms with Gasteiger partial charge in [0.2, 0.25) is 0 Å². The van der Waals surface area contributed by atoms with E-state index in [0.717, 1.165) is 11.3 Å². The summed E-state index contributed by atoms with van der Waals surface area (Å²) in [4.78, 5) is 15.5. The number of aliphatic carboxylic acids is 1. The molecule has 0 saturated carbocycles. The molecule has 1 N–H and O–H groups in total. The average molecular weight is 303 g/mol. The van der Waals surface area contributed by atoms with Gasteiger partial charge in [-0.2, -0.15) is 0 Å². The van der Waals surface area contributed by atoms with Crippen LogP contribution in [0.2, 0.25) is 0 Å². The van der Waals surface area contributed by atoms with E-state index in [1.54, 1.807) is 6.20 Å². The van der Waals surface area contributed by atoms with Crippen LogP contribution in [0.15, 0.2) is 54.7 Å². The van der Waals surface area contributed by atoms with Gasteiger partial charge in [-0.15, -0.1) is 0 Å². The largest absolute Gasteiger partial charge is 0.480 e. The first-order chi connectivity index (χ1) is 10.2. The third-order valence-corrected chi connectivity index (χ3v) is 4.75. The molecule has 0 radical (unpaired) electrons. The first-order valence-corrected chi connectivity index (χ1v) is 8.09. The predicted molar refractivity (Wildman–Crippen MR) is 82.5 cm³/mol. The molecular formula is C16H17NO3S. The van der Waals surface area contributed by atoms with Crippen LogP contribution in [0.3, 0.4) is 0 Å². The minimum Gasteiger partial charge on any atom is -0.480 e. The van der Waals surface area contributed by atoms with Crippen LogP contribution in [0.5, 0.6) is 0 Å². The molecule has 21 heavy (non-hydrogen) atoms. The maximum atomic E-state index is 12.3. The maximum absolute atomic E-state index is 12.3. The highest BCUT2D eigenvalue weighted by atomic mass is 32.2. The smallest absolute Gasteiger partial charge is 0.319 e. The molecule has 0 aliphatic rings. The van der Waals surface area contributed by atoms with Crippen LogP contribution in [0.1, 0.15) is 11.3 Å². The Kier molecular flexibility index (Phi) is 5.63. The first-order valence-electron chi connectivity index (χ1n) is 6.70. The standard InChI is InChI=1S/C16H17NO3S/c18-16(19)15(12-13-6-2-1-3-7-13)21(20)11-9-14-8-4-5-10-17-14/h1-8,10,15H,9,11-12H2,(H,18,19). The van der Waals surface area contributed by atoms with Gasteiger partial charge in [0.15, 0.2) is 0 Å². The summed E-state index contributed by atoms with van der Waals surface area (Å²) < 4.78 is 12.3. The van der Waals surface area contributed by atoms with Gasteiger partial charge in [0.1, 0.15) is 5.25 Å². The minimum absolute atomic E-state index is 0.283. The molecule has 1 aromatic carbocycles. The molecule has 0 spiro atoms. The number of benzene rings is 1. The Bertz CT molecular complexity index is 601. The SMILES string of the molecule is O=C(O)C(Cc1ccccc1)S(=O)CCc1ccccn1. The fourth-order valence-corrected chi connectivity index (χ4v) is 3.31. The summed E-state index contributed by atoms with van der Waals surface area (Å²) in [6.45, 7) is 0. The number of nitrogens with zero attached hydrogens (tertiary/aromatic N) is 1. The monoisotopic (exact) mass is 303 g/mol. The van der Waals surface area contributed by atoms with Crippen molar-refractivity contribution in [2.24, 2.45) is 0 Å². The quantitative estimate of drug-likeness (QED) is 0.850. The van der Waals surface area contributed by atoms with Gasteiger partial charge in [0.05, 0.1) is 0 Å². The average Bonchev–Trinajstić information content (AvgIpc) is 2.52. The number of carbonyl (C=O) groups is 1. The van der Waals surface area contributed by atoms with Crippen molar-refractivity contribution < 1.29 is 14.1 Å². The van der Waals surface area contributed by atoms with E-state index in [4.69, 9.17) is 0 Å². The lowest BCUT2D eigenvalue weighted by atomic mass is 10.1. The molecule has 0 saturated heterocycles. The molecule has 0 amide bonds. The highest BCUT2D eigenvalue weighted by molar-refractivity contribution is 7.86. The molecule has 2 atom stereocenters. The summed E-state index contributed by atoms with van der Waals surface area (Å²) in [5.41, 5.74) is 1.71. The van der Waals surface area contributed by atoms with Gasteiger partial charge in [-0.3, -0.25) is 14.0 Å². The Balaban J connectivity index is 1.98. The van der Waals surface area contributed by atoms with Crippen molar-refractivity contribution in [1.29, 1.82) is 0 Å². The zero-order valence-electron chi connectivity index (χ0n) is 11.5. The Morgan fingerprint density at radius 1 is 1.14 bits per heavy atom. The number of rotatable bonds is 7. The molecule has 2 rings (SSSR count). The van der Waals surface area contributed by atoms with Crippen LogP contribution in [-0.4, -0.2) is 31.3 Å². The lowest BCUT2D eigenvalue weighted by Gasteiger charge is -2.12. The van der Waals surface area contributed by atoms with Crippen LogP contribution in [0, 0.1) is 0 Å². The van der Waals surface area contributed by atoms with Gasteiger partial charge in [0, 0.05) is 34.9 Å². The molecule has 2 unspecified atom stereocenters. The van der Waals surface area contributed by atoms with Crippen molar-refractivity contribution in [2.75, 3.05) is 5.75 Å². The summed E-state index contributed by atoms with van der Waals surface area (Å²) in [6, 6.07) is 14.8. The highest BCUT2D eigenvalue weighted by Gasteiger charge is 2.24. The number of carboxylic acid groups (broad SMARTS) is 1. The number of pyridine rings is 1. The first kappa shape index (κ1) is 15.4. The summed E-state index contributed by atoms with van der Waals surface area (Å²) in [6.07, 6.45) is 2.48. The van der Waals surface area contributed by atoms with Crippen molar-refractivity contribution in [3.8, 4) is 0 Å². The molecule has 110 valence electrons. The number of aryl methyl sites for hydroxylation is 1. The molecule has 1 heterocycles. The van der Waals surface area contributed by atoms with Gasteiger partial charge in [-0.05, 0) is 24.1 Å². The second-order valence-corrected chi connectivity index (χ2v) is 6.41. The molecule has 0 bridgehead atoms. The lowest BCUT2D eigenvalue weighted by molar-refractivity contribution is -0.136. The second kappa shape index (κ2) is 7.69. The van der Waals surface area contributed by atoms with Gasteiger partial charge in [-0.1, -0.05) is 36.4 Å². The second-order valence-electron chi connectivity index (χ2n) is 4.67. The van der Waals surface area contributed by atoms with E-state index in [1.165, 1.54) is 0 Å². The minimum atomic E-state index is -1.43. The van der Waals surface area contributed by atoms with E-state index in [2.05, 4.69) is 4.98 Å². The Morgan fingerprint density at radius 2 is 1.86 bits per heavy atom. The molecule has 4 nitrogen and oxygen atoms in total. The predicted octanol–water partition coefficient (Wildman–Crippen LogP) is 2.07. The molecule has 5 heteroatoms. The van der Waals surface area contributed by atoms with Crippen molar-refractivity contribution in [3.05, 3.63) is 66.0 Å². The summed E-state index contributed by atoms with van der Waals surface area (Å²) in [7, 11) is -1.43. The fourth-order valence-electron chi connectivity index (χ4n) is 2.01. The maximum Gasteiger partial charge on any atom is 0.319 e.